The van der Waals surface area contributed by atoms with Gasteiger partial charge in [-0.15, -0.1) is 0 Å². The summed E-state index contributed by atoms with van der Waals surface area (Å²) < 4.78 is 31.1. The fourth-order valence-corrected chi connectivity index (χ4v) is 3.49. The molecule has 0 saturated carbocycles. The van der Waals surface area contributed by atoms with Crippen LogP contribution in [0.25, 0.3) is 33.1 Å². The maximum Gasteiger partial charge on any atom is 0.269 e. The van der Waals surface area contributed by atoms with Gasteiger partial charge in [0.15, 0.2) is 0 Å². The van der Waals surface area contributed by atoms with Crippen molar-refractivity contribution in [1.29, 1.82) is 0 Å². The second-order valence-corrected chi connectivity index (χ2v) is 6.88. The molecule has 5 rings (SSSR count). The van der Waals surface area contributed by atoms with Crippen molar-refractivity contribution < 1.29 is 8.78 Å². The Labute approximate surface area is 169 Å². The van der Waals surface area contributed by atoms with Gasteiger partial charge in [0.25, 0.3) is 5.56 Å². The predicted octanol–water partition coefficient (Wildman–Crippen LogP) is 4.33. The van der Waals surface area contributed by atoms with Gasteiger partial charge in [0.1, 0.15) is 17.2 Å². The molecule has 2 aromatic carbocycles. The Morgan fingerprint density at radius 1 is 0.833 bits per heavy atom. The molecular weight excluding hydrogens is 386 g/mol. The second-order valence-electron chi connectivity index (χ2n) is 6.88. The summed E-state index contributed by atoms with van der Waals surface area (Å²) >= 11 is 0. The standard InChI is InChI=1S/C23H14F2N4O/c24-18-8-15(16-7-14-3-1-2-4-20(14)27-10-16)9-19(25)17(18)13-29-22-5-6-26-11-21(22)28-12-23(29)30/h1-12H,13H2. The third kappa shape index (κ3) is 3.10. The van der Waals surface area contributed by atoms with Crippen molar-refractivity contribution in [3.63, 3.8) is 0 Å². The van der Waals surface area contributed by atoms with E-state index in [1.165, 1.54) is 29.1 Å². The number of fused-ring (bicyclic) bond motifs is 2. The van der Waals surface area contributed by atoms with Crippen LogP contribution in [0.3, 0.4) is 0 Å². The van der Waals surface area contributed by atoms with Crippen molar-refractivity contribution in [2.75, 3.05) is 0 Å². The van der Waals surface area contributed by atoms with E-state index < -0.39 is 17.2 Å². The first kappa shape index (κ1) is 18.1. The number of benzene rings is 2. The molecule has 0 fully saturated rings. The minimum Gasteiger partial charge on any atom is -0.301 e. The predicted molar refractivity (Wildman–Crippen MR) is 110 cm³/mol. The number of rotatable bonds is 3. The number of hydrogen-bond donors (Lipinski definition) is 0. The SMILES string of the molecule is O=c1cnc2cnccc2n1Cc1c(F)cc(-c2cnc3ccccc3c2)cc1F. The summed E-state index contributed by atoms with van der Waals surface area (Å²) in [7, 11) is 0. The first-order chi connectivity index (χ1) is 14.6. The van der Waals surface area contributed by atoms with Gasteiger partial charge in [0.05, 0.1) is 30.0 Å². The Kier molecular flexibility index (Phi) is 4.28. The molecule has 0 saturated heterocycles. The normalized spacial score (nSPS) is 11.3. The van der Waals surface area contributed by atoms with Crippen LogP contribution in [0, 0.1) is 11.6 Å². The molecule has 7 heteroatoms. The minimum absolute atomic E-state index is 0.195. The fraction of sp³-hybridized carbons (Fsp3) is 0.0435. The quantitative estimate of drug-likeness (QED) is 0.452. The first-order valence-corrected chi connectivity index (χ1v) is 9.23. The molecule has 3 aromatic heterocycles. The van der Waals surface area contributed by atoms with E-state index in [0.717, 1.165) is 17.1 Å². The van der Waals surface area contributed by atoms with Crippen molar-refractivity contribution >= 4 is 21.9 Å². The summed E-state index contributed by atoms with van der Waals surface area (Å²) in [4.78, 5) is 24.6. The molecule has 5 nitrogen and oxygen atoms in total. The summed E-state index contributed by atoms with van der Waals surface area (Å²) in [5.74, 6) is -1.46. The minimum atomic E-state index is -0.732. The first-order valence-electron chi connectivity index (χ1n) is 9.23. The molecule has 0 aliphatic rings. The van der Waals surface area contributed by atoms with Gasteiger partial charge < -0.3 is 4.57 Å². The lowest BCUT2D eigenvalue weighted by Gasteiger charge is -2.12. The third-order valence-corrected chi connectivity index (χ3v) is 5.03. The molecule has 0 amide bonds. The fourth-order valence-electron chi connectivity index (χ4n) is 3.49. The largest absolute Gasteiger partial charge is 0.301 e. The zero-order valence-electron chi connectivity index (χ0n) is 15.6. The molecule has 0 bridgehead atoms. The summed E-state index contributed by atoms with van der Waals surface area (Å²) in [5.41, 5.74) is 2.07. The van der Waals surface area contributed by atoms with Gasteiger partial charge in [-0.25, -0.2) is 13.8 Å². The highest BCUT2D eigenvalue weighted by molar-refractivity contribution is 5.83. The number of halogens is 2. The van der Waals surface area contributed by atoms with Crippen molar-refractivity contribution in [1.82, 2.24) is 19.5 Å². The molecule has 3 heterocycles. The average Bonchev–Trinajstić information content (AvgIpc) is 2.77. The highest BCUT2D eigenvalue weighted by Gasteiger charge is 2.15. The van der Waals surface area contributed by atoms with Crippen LogP contribution in [0.4, 0.5) is 8.78 Å². The summed E-state index contributed by atoms with van der Waals surface area (Å²) in [6.45, 7) is -0.254. The van der Waals surface area contributed by atoms with Crippen LogP contribution in [-0.2, 0) is 6.54 Å². The van der Waals surface area contributed by atoms with Gasteiger partial charge in [-0.2, -0.15) is 0 Å². The summed E-state index contributed by atoms with van der Waals surface area (Å²) in [6.07, 6.45) is 5.70. The van der Waals surface area contributed by atoms with Gasteiger partial charge in [0, 0.05) is 28.9 Å². The maximum absolute atomic E-state index is 14.9. The number of nitrogens with zero attached hydrogens (tertiary/aromatic N) is 4. The zero-order valence-corrected chi connectivity index (χ0v) is 15.6. The van der Waals surface area contributed by atoms with Crippen LogP contribution in [0.2, 0.25) is 0 Å². The topological polar surface area (TPSA) is 60.7 Å². The second kappa shape index (κ2) is 7.11. The number of para-hydroxylation sites is 1. The van der Waals surface area contributed by atoms with Gasteiger partial charge in [-0.3, -0.25) is 14.8 Å². The molecule has 0 spiro atoms. The van der Waals surface area contributed by atoms with Crippen LogP contribution in [0.15, 0.2) is 78.1 Å². The molecule has 0 N–H and O–H groups in total. The third-order valence-electron chi connectivity index (χ3n) is 5.03. The Bertz CT molecular complexity index is 1460. The van der Waals surface area contributed by atoms with Crippen LogP contribution < -0.4 is 5.56 Å². The lowest BCUT2D eigenvalue weighted by molar-refractivity contribution is 0.545. The lowest BCUT2D eigenvalue weighted by atomic mass is 10.0. The maximum atomic E-state index is 14.9. The van der Waals surface area contributed by atoms with E-state index in [1.807, 2.05) is 30.3 Å². The van der Waals surface area contributed by atoms with Gasteiger partial charge in [0.2, 0.25) is 0 Å². The van der Waals surface area contributed by atoms with Gasteiger partial charge >= 0.3 is 0 Å². The van der Waals surface area contributed by atoms with Crippen molar-refractivity contribution in [3.8, 4) is 11.1 Å². The molecule has 146 valence electrons. The molecule has 0 unspecified atom stereocenters. The Morgan fingerprint density at radius 3 is 2.43 bits per heavy atom. The molecule has 0 radical (unpaired) electrons. The van der Waals surface area contributed by atoms with E-state index >= 15 is 0 Å². The van der Waals surface area contributed by atoms with E-state index in [-0.39, 0.29) is 12.1 Å². The number of pyridine rings is 2. The van der Waals surface area contributed by atoms with Crippen molar-refractivity contribution in [2.24, 2.45) is 0 Å². The smallest absolute Gasteiger partial charge is 0.269 e. The van der Waals surface area contributed by atoms with Crippen LogP contribution in [-0.4, -0.2) is 19.5 Å². The average molecular weight is 400 g/mol. The number of hydrogen-bond acceptors (Lipinski definition) is 4. The van der Waals surface area contributed by atoms with Crippen LogP contribution in [0.5, 0.6) is 0 Å². The van der Waals surface area contributed by atoms with Crippen LogP contribution >= 0.6 is 0 Å². The highest BCUT2D eigenvalue weighted by atomic mass is 19.1. The highest BCUT2D eigenvalue weighted by Crippen LogP contribution is 2.27. The molecule has 5 aromatic rings. The molecular formula is C23H14F2N4O. The molecule has 0 aliphatic carbocycles. The van der Waals surface area contributed by atoms with Crippen LogP contribution in [0.1, 0.15) is 5.56 Å². The Morgan fingerprint density at radius 2 is 1.60 bits per heavy atom. The van der Waals surface area contributed by atoms with E-state index in [1.54, 1.807) is 12.3 Å². The molecule has 0 atom stereocenters. The monoisotopic (exact) mass is 400 g/mol. The number of aromatic nitrogens is 4. The molecule has 0 aliphatic heterocycles. The van der Waals surface area contributed by atoms with Gasteiger partial charge in [-0.05, 0) is 35.9 Å². The Balaban J connectivity index is 1.58. The Hall–Kier alpha value is -4.00. The van der Waals surface area contributed by atoms with Crippen molar-refractivity contribution in [3.05, 3.63) is 101 Å². The van der Waals surface area contributed by atoms with Crippen molar-refractivity contribution in [2.45, 2.75) is 6.54 Å². The van der Waals surface area contributed by atoms with E-state index in [9.17, 15) is 13.6 Å². The zero-order chi connectivity index (χ0) is 20.7. The van der Waals surface area contributed by atoms with E-state index in [4.69, 9.17) is 0 Å². The lowest BCUT2D eigenvalue weighted by Crippen LogP contribution is -2.22. The van der Waals surface area contributed by atoms with E-state index in [0.29, 0.717) is 22.2 Å². The summed E-state index contributed by atoms with van der Waals surface area (Å²) in [6, 6.07) is 13.5. The van der Waals surface area contributed by atoms with E-state index in [2.05, 4.69) is 15.0 Å². The molecule has 30 heavy (non-hydrogen) atoms. The summed E-state index contributed by atoms with van der Waals surface area (Å²) in [5, 5.41) is 0.878. The van der Waals surface area contributed by atoms with Gasteiger partial charge in [-0.1, -0.05) is 18.2 Å².